The summed E-state index contributed by atoms with van der Waals surface area (Å²) in [4.78, 5) is 19.2. The van der Waals surface area contributed by atoms with E-state index in [4.69, 9.17) is 11.6 Å². The second kappa shape index (κ2) is 9.50. The van der Waals surface area contributed by atoms with E-state index in [1.165, 1.54) is 17.4 Å². The van der Waals surface area contributed by atoms with Crippen molar-refractivity contribution in [2.45, 2.75) is 31.9 Å². The minimum absolute atomic E-state index is 0.0350. The standard InChI is InChI=1S/C23H21ClF3N3OS/c24-17-6-4-5-15(11-17)22-28-18(14-32-22)13-21(31)29-19-12-16(23(25,26)27)7-8-20(19)30-9-2-1-3-10-30/h4-8,11-12,14H,1-3,9-10,13H2,(H,29,31). The summed E-state index contributed by atoms with van der Waals surface area (Å²) in [5.41, 5.74) is 1.40. The van der Waals surface area contributed by atoms with Crippen LogP contribution >= 0.6 is 22.9 Å². The number of hydrogen-bond acceptors (Lipinski definition) is 4. The second-order valence-electron chi connectivity index (χ2n) is 7.66. The van der Waals surface area contributed by atoms with Gasteiger partial charge in [0, 0.05) is 29.1 Å². The van der Waals surface area contributed by atoms with Crippen LogP contribution in [0, 0.1) is 0 Å². The highest BCUT2D eigenvalue weighted by Gasteiger charge is 2.32. The number of carbonyl (C=O) groups is 1. The van der Waals surface area contributed by atoms with Gasteiger partial charge in [0.2, 0.25) is 5.91 Å². The average Bonchev–Trinajstić information content (AvgIpc) is 3.22. The molecule has 1 N–H and O–H groups in total. The van der Waals surface area contributed by atoms with Gasteiger partial charge in [-0.2, -0.15) is 13.2 Å². The molecule has 9 heteroatoms. The molecule has 0 radical (unpaired) electrons. The maximum absolute atomic E-state index is 13.3. The highest BCUT2D eigenvalue weighted by molar-refractivity contribution is 7.13. The van der Waals surface area contributed by atoms with E-state index in [1.54, 1.807) is 17.5 Å². The first kappa shape index (κ1) is 22.6. The highest BCUT2D eigenvalue weighted by Crippen LogP contribution is 2.36. The van der Waals surface area contributed by atoms with Crippen LogP contribution in [0.25, 0.3) is 10.6 Å². The molecule has 1 fully saturated rings. The molecule has 168 valence electrons. The first-order chi connectivity index (χ1) is 15.3. The number of carbonyl (C=O) groups excluding carboxylic acids is 1. The highest BCUT2D eigenvalue weighted by atomic mass is 35.5. The monoisotopic (exact) mass is 479 g/mol. The third-order valence-corrected chi connectivity index (χ3v) is 6.43. The predicted molar refractivity (Wildman–Crippen MR) is 122 cm³/mol. The summed E-state index contributed by atoms with van der Waals surface area (Å²) in [5, 5.41) is 5.78. The quantitative estimate of drug-likeness (QED) is 0.445. The zero-order valence-corrected chi connectivity index (χ0v) is 18.7. The van der Waals surface area contributed by atoms with Gasteiger partial charge in [0.15, 0.2) is 0 Å². The van der Waals surface area contributed by atoms with E-state index in [9.17, 15) is 18.0 Å². The van der Waals surface area contributed by atoms with Crippen LogP contribution in [0.4, 0.5) is 24.5 Å². The Hall–Kier alpha value is -2.58. The molecule has 0 saturated carbocycles. The maximum atomic E-state index is 13.3. The van der Waals surface area contributed by atoms with Crippen molar-refractivity contribution in [3.8, 4) is 10.6 Å². The molecule has 32 heavy (non-hydrogen) atoms. The summed E-state index contributed by atoms with van der Waals surface area (Å²) in [6.07, 6.45) is -1.48. The molecule has 1 amide bonds. The molecule has 1 aliphatic rings. The molecular formula is C23H21ClF3N3OS. The van der Waals surface area contributed by atoms with E-state index in [2.05, 4.69) is 10.3 Å². The fourth-order valence-electron chi connectivity index (χ4n) is 3.72. The van der Waals surface area contributed by atoms with Crippen LogP contribution in [-0.4, -0.2) is 24.0 Å². The number of amides is 1. The molecule has 1 aromatic heterocycles. The lowest BCUT2D eigenvalue weighted by Crippen LogP contribution is -2.30. The first-order valence-electron chi connectivity index (χ1n) is 10.3. The van der Waals surface area contributed by atoms with Gasteiger partial charge in [0.25, 0.3) is 0 Å². The average molecular weight is 480 g/mol. The van der Waals surface area contributed by atoms with Crippen molar-refractivity contribution < 1.29 is 18.0 Å². The lowest BCUT2D eigenvalue weighted by molar-refractivity contribution is -0.137. The van der Waals surface area contributed by atoms with E-state index >= 15 is 0 Å². The molecule has 2 aromatic carbocycles. The van der Waals surface area contributed by atoms with Crippen LogP contribution < -0.4 is 10.2 Å². The number of rotatable bonds is 5. The fourth-order valence-corrected chi connectivity index (χ4v) is 4.73. The number of nitrogens with zero attached hydrogens (tertiary/aromatic N) is 2. The van der Waals surface area contributed by atoms with Crippen molar-refractivity contribution in [3.63, 3.8) is 0 Å². The van der Waals surface area contributed by atoms with Crippen LogP contribution in [0.3, 0.4) is 0 Å². The molecule has 0 unspecified atom stereocenters. The van der Waals surface area contributed by atoms with E-state index in [-0.39, 0.29) is 12.1 Å². The largest absolute Gasteiger partial charge is 0.416 e. The Morgan fingerprint density at radius 2 is 1.91 bits per heavy atom. The van der Waals surface area contributed by atoms with Gasteiger partial charge in [0.1, 0.15) is 5.01 Å². The lowest BCUT2D eigenvalue weighted by atomic mass is 10.1. The Labute approximate surface area is 193 Å². The fraction of sp³-hybridized carbons (Fsp3) is 0.304. The molecule has 4 rings (SSSR count). The number of alkyl halides is 3. The third kappa shape index (κ3) is 5.42. The summed E-state index contributed by atoms with van der Waals surface area (Å²) < 4.78 is 39.8. The van der Waals surface area contributed by atoms with Gasteiger partial charge in [-0.3, -0.25) is 4.79 Å². The minimum Gasteiger partial charge on any atom is -0.370 e. The first-order valence-corrected chi connectivity index (χ1v) is 11.5. The SMILES string of the molecule is O=C(Cc1csc(-c2cccc(Cl)c2)n1)Nc1cc(C(F)(F)F)ccc1N1CCCCC1. The number of hydrogen-bond donors (Lipinski definition) is 1. The number of benzene rings is 2. The molecule has 1 aliphatic heterocycles. The Balaban J connectivity index is 1.53. The summed E-state index contributed by atoms with van der Waals surface area (Å²) >= 11 is 7.41. The second-order valence-corrected chi connectivity index (χ2v) is 8.95. The predicted octanol–water partition coefficient (Wildman–Crippen LogP) is 6.65. The molecule has 1 saturated heterocycles. The summed E-state index contributed by atoms with van der Waals surface area (Å²) in [6.45, 7) is 1.51. The van der Waals surface area contributed by atoms with Gasteiger partial charge < -0.3 is 10.2 Å². The van der Waals surface area contributed by atoms with E-state index < -0.39 is 17.6 Å². The molecule has 4 nitrogen and oxygen atoms in total. The summed E-state index contributed by atoms with van der Waals surface area (Å²) in [6, 6.07) is 10.8. The van der Waals surface area contributed by atoms with Crippen LogP contribution in [0.15, 0.2) is 47.8 Å². The molecule has 0 atom stereocenters. The molecule has 0 bridgehead atoms. The smallest absolute Gasteiger partial charge is 0.370 e. The third-order valence-electron chi connectivity index (χ3n) is 5.26. The summed E-state index contributed by atoms with van der Waals surface area (Å²) in [5.74, 6) is -0.412. The van der Waals surface area contributed by atoms with E-state index in [0.29, 0.717) is 16.4 Å². The van der Waals surface area contributed by atoms with Gasteiger partial charge in [-0.1, -0.05) is 23.7 Å². The van der Waals surface area contributed by atoms with Gasteiger partial charge in [-0.05, 0) is 49.6 Å². The van der Waals surface area contributed by atoms with Crippen LogP contribution in [-0.2, 0) is 17.4 Å². The lowest BCUT2D eigenvalue weighted by Gasteiger charge is -2.31. The van der Waals surface area contributed by atoms with Crippen molar-refractivity contribution in [2.75, 3.05) is 23.3 Å². The zero-order valence-electron chi connectivity index (χ0n) is 17.1. The number of anilines is 2. The van der Waals surface area contributed by atoms with Crippen molar-refractivity contribution >= 4 is 40.2 Å². The van der Waals surface area contributed by atoms with Crippen LogP contribution in [0.5, 0.6) is 0 Å². The molecule has 0 aliphatic carbocycles. The number of aromatic nitrogens is 1. The van der Waals surface area contributed by atoms with Gasteiger partial charge >= 0.3 is 6.18 Å². The number of halogens is 4. The van der Waals surface area contributed by atoms with Crippen molar-refractivity contribution in [2.24, 2.45) is 0 Å². The number of piperidine rings is 1. The maximum Gasteiger partial charge on any atom is 0.416 e. The molecule has 2 heterocycles. The van der Waals surface area contributed by atoms with Crippen LogP contribution in [0.2, 0.25) is 5.02 Å². The molecular weight excluding hydrogens is 459 g/mol. The van der Waals surface area contributed by atoms with Gasteiger partial charge in [-0.15, -0.1) is 11.3 Å². The summed E-state index contributed by atoms with van der Waals surface area (Å²) in [7, 11) is 0. The Morgan fingerprint density at radius 3 is 2.62 bits per heavy atom. The van der Waals surface area contributed by atoms with Crippen molar-refractivity contribution in [1.29, 1.82) is 0 Å². The van der Waals surface area contributed by atoms with E-state index in [1.807, 2.05) is 17.0 Å². The van der Waals surface area contributed by atoms with Crippen LogP contribution in [0.1, 0.15) is 30.5 Å². The van der Waals surface area contributed by atoms with Gasteiger partial charge in [0.05, 0.1) is 29.1 Å². The topological polar surface area (TPSA) is 45.2 Å². The molecule has 0 spiro atoms. The Bertz CT molecular complexity index is 1110. The van der Waals surface area contributed by atoms with Crippen molar-refractivity contribution in [3.05, 3.63) is 64.1 Å². The zero-order chi connectivity index (χ0) is 22.7. The van der Waals surface area contributed by atoms with Crippen molar-refractivity contribution in [1.82, 2.24) is 4.98 Å². The number of nitrogens with one attached hydrogen (secondary N) is 1. The normalized spacial score (nSPS) is 14.4. The van der Waals surface area contributed by atoms with Gasteiger partial charge in [-0.25, -0.2) is 4.98 Å². The Kier molecular flexibility index (Phi) is 6.71. The number of thiazole rings is 1. The van der Waals surface area contributed by atoms with E-state index in [0.717, 1.165) is 55.1 Å². The minimum atomic E-state index is -4.49. The molecule has 3 aromatic rings. The Morgan fingerprint density at radius 1 is 1.12 bits per heavy atom.